The highest BCUT2D eigenvalue weighted by Crippen LogP contribution is 2.28. The summed E-state index contributed by atoms with van der Waals surface area (Å²) in [6.45, 7) is 0. The molecule has 0 saturated heterocycles. The van der Waals surface area contributed by atoms with Crippen molar-refractivity contribution in [2.45, 2.75) is 51.0 Å². The van der Waals surface area contributed by atoms with Gasteiger partial charge in [-0.1, -0.05) is 49.8 Å². The largest absolute Gasteiger partial charge is 0.393 e. The van der Waals surface area contributed by atoms with Gasteiger partial charge in [-0.25, -0.2) is 4.39 Å². The summed E-state index contributed by atoms with van der Waals surface area (Å²) >= 11 is 5.73. The number of aliphatic hydroxyl groups excluding tert-OH is 1. The fraction of sp³-hybridized carbons (Fsp3) is 0.600. The van der Waals surface area contributed by atoms with E-state index in [2.05, 4.69) is 0 Å². The molecule has 3 heteroatoms. The molecule has 1 aromatic rings. The zero-order valence-corrected chi connectivity index (χ0v) is 11.3. The van der Waals surface area contributed by atoms with Gasteiger partial charge in [0.2, 0.25) is 0 Å². The van der Waals surface area contributed by atoms with E-state index in [0.29, 0.717) is 12.3 Å². The molecule has 0 bridgehead atoms. The molecule has 1 aliphatic rings. The topological polar surface area (TPSA) is 20.2 Å². The third-order valence-electron chi connectivity index (χ3n) is 3.79. The van der Waals surface area contributed by atoms with E-state index in [-0.39, 0.29) is 11.1 Å². The van der Waals surface area contributed by atoms with Gasteiger partial charge in [0.15, 0.2) is 0 Å². The van der Waals surface area contributed by atoms with Gasteiger partial charge >= 0.3 is 0 Å². The van der Waals surface area contributed by atoms with Crippen molar-refractivity contribution in [1.82, 2.24) is 0 Å². The first kappa shape index (κ1) is 13.8. The Morgan fingerprint density at radius 3 is 2.67 bits per heavy atom. The molecule has 1 atom stereocenters. The molecule has 1 nitrogen and oxygen atoms in total. The van der Waals surface area contributed by atoms with Crippen LogP contribution in [-0.4, -0.2) is 11.2 Å². The van der Waals surface area contributed by atoms with Gasteiger partial charge in [0.25, 0.3) is 0 Å². The van der Waals surface area contributed by atoms with Gasteiger partial charge < -0.3 is 5.11 Å². The Morgan fingerprint density at radius 2 is 2.00 bits per heavy atom. The molecular formula is C15H20ClFO. The number of aliphatic hydroxyl groups is 1. The van der Waals surface area contributed by atoms with Crippen molar-refractivity contribution < 1.29 is 9.50 Å². The highest BCUT2D eigenvalue weighted by molar-refractivity contribution is 6.30. The Labute approximate surface area is 113 Å². The van der Waals surface area contributed by atoms with E-state index in [9.17, 15) is 9.50 Å². The van der Waals surface area contributed by atoms with Crippen LogP contribution in [0.15, 0.2) is 18.2 Å². The summed E-state index contributed by atoms with van der Waals surface area (Å²) in [4.78, 5) is 0. The first-order valence-corrected chi connectivity index (χ1v) is 7.15. The summed E-state index contributed by atoms with van der Waals surface area (Å²) in [7, 11) is 0. The quantitative estimate of drug-likeness (QED) is 0.862. The van der Waals surface area contributed by atoms with Crippen molar-refractivity contribution in [3.63, 3.8) is 0 Å². The minimum Gasteiger partial charge on any atom is -0.393 e. The van der Waals surface area contributed by atoms with Crippen LogP contribution in [0.5, 0.6) is 0 Å². The van der Waals surface area contributed by atoms with Crippen molar-refractivity contribution in [1.29, 1.82) is 0 Å². The first-order valence-electron chi connectivity index (χ1n) is 6.77. The van der Waals surface area contributed by atoms with Crippen LogP contribution in [0.3, 0.4) is 0 Å². The van der Waals surface area contributed by atoms with Crippen LogP contribution in [0.25, 0.3) is 0 Å². The molecule has 2 rings (SSSR count). The van der Waals surface area contributed by atoms with Gasteiger partial charge in [-0.05, 0) is 36.5 Å². The second-order valence-corrected chi connectivity index (χ2v) is 5.75. The lowest BCUT2D eigenvalue weighted by molar-refractivity contribution is 0.130. The van der Waals surface area contributed by atoms with Crippen LogP contribution in [0.2, 0.25) is 5.02 Å². The molecule has 0 radical (unpaired) electrons. The third-order valence-corrected chi connectivity index (χ3v) is 4.08. The van der Waals surface area contributed by atoms with Gasteiger partial charge in [0.05, 0.1) is 11.1 Å². The molecule has 1 aromatic carbocycles. The zero-order chi connectivity index (χ0) is 13.0. The van der Waals surface area contributed by atoms with Gasteiger partial charge in [-0.2, -0.15) is 0 Å². The molecule has 0 aliphatic heterocycles. The molecular weight excluding hydrogens is 251 g/mol. The van der Waals surface area contributed by atoms with Crippen LogP contribution in [0, 0.1) is 11.7 Å². The molecule has 0 spiro atoms. The molecule has 1 N–H and O–H groups in total. The number of hydrogen-bond donors (Lipinski definition) is 1. The summed E-state index contributed by atoms with van der Waals surface area (Å²) in [6, 6.07) is 4.68. The van der Waals surface area contributed by atoms with Crippen molar-refractivity contribution in [2.75, 3.05) is 0 Å². The molecule has 1 aliphatic carbocycles. The SMILES string of the molecule is OC(Cc1ccc(F)c(Cl)c1)CC1CCCCC1. The van der Waals surface area contributed by atoms with Crippen molar-refractivity contribution in [3.05, 3.63) is 34.6 Å². The minimum atomic E-state index is -0.401. The number of rotatable bonds is 4. The van der Waals surface area contributed by atoms with E-state index in [1.54, 1.807) is 12.1 Å². The van der Waals surface area contributed by atoms with E-state index < -0.39 is 5.82 Å². The second-order valence-electron chi connectivity index (χ2n) is 5.35. The molecule has 0 heterocycles. The molecule has 100 valence electrons. The maximum Gasteiger partial charge on any atom is 0.141 e. The van der Waals surface area contributed by atoms with Gasteiger partial charge in [-0.15, -0.1) is 0 Å². The van der Waals surface area contributed by atoms with E-state index in [0.717, 1.165) is 12.0 Å². The van der Waals surface area contributed by atoms with Crippen molar-refractivity contribution in [3.8, 4) is 0 Å². The van der Waals surface area contributed by atoms with Gasteiger partial charge in [0, 0.05) is 0 Å². The standard InChI is InChI=1S/C15H20ClFO/c16-14-10-12(6-7-15(14)17)9-13(18)8-11-4-2-1-3-5-11/h6-7,10-11,13,18H,1-5,8-9H2. The number of halogens is 2. The third kappa shape index (κ3) is 3.96. The molecule has 0 amide bonds. The Kier molecular flexibility index (Phi) is 5.02. The monoisotopic (exact) mass is 270 g/mol. The summed E-state index contributed by atoms with van der Waals surface area (Å²) in [5.74, 6) is 0.256. The van der Waals surface area contributed by atoms with E-state index in [1.165, 1.54) is 38.2 Å². The lowest BCUT2D eigenvalue weighted by Crippen LogP contribution is -2.18. The maximum absolute atomic E-state index is 13.0. The predicted molar refractivity (Wildman–Crippen MR) is 72.3 cm³/mol. The fourth-order valence-electron chi connectivity index (χ4n) is 2.83. The Bertz CT molecular complexity index is 388. The smallest absolute Gasteiger partial charge is 0.141 e. The van der Waals surface area contributed by atoms with E-state index in [4.69, 9.17) is 11.6 Å². The lowest BCUT2D eigenvalue weighted by Gasteiger charge is -2.24. The molecule has 18 heavy (non-hydrogen) atoms. The van der Waals surface area contributed by atoms with Crippen LogP contribution >= 0.6 is 11.6 Å². The Hall–Kier alpha value is -0.600. The van der Waals surface area contributed by atoms with Crippen molar-refractivity contribution in [2.24, 2.45) is 5.92 Å². The van der Waals surface area contributed by atoms with Crippen LogP contribution < -0.4 is 0 Å². The summed E-state index contributed by atoms with van der Waals surface area (Å²) in [5, 5.41) is 10.2. The lowest BCUT2D eigenvalue weighted by atomic mass is 9.84. The van der Waals surface area contributed by atoms with Crippen LogP contribution in [0.4, 0.5) is 4.39 Å². The summed E-state index contributed by atoms with van der Waals surface area (Å²) < 4.78 is 13.0. The van der Waals surface area contributed by atoms with E-state index >= 15 is 0 Å². The molecule has 1 fully saturated rings. The first-order chi connectivity index (χ1) is 8.65. The second kappa shape index (κ2) is 6.53. The average molecular weight is 271 g/mol. The zero-order valence-electron chi connectivity index (χ0n) is 10.5. The number of benzene rings is 1. The highest BCUT2D eigenvalue weighted by Gasteiger charge is 2.17. The van der Waals surface area contributed by atoms with Gasteiger partial charge in [0.1, 0.15) is 5.82 Å². The van der Waals surface area contributed by atoms with Crippen LogP contribution in [-0.2, 0) is 6.42 Å². The minimum absolute atomic E-state index is 0.136. The van der Waals surface area contributed by atoms with Crippen molar-refractivity contribution >= 4 is 11.6 Å². The van der Waals surface area contributed by atoms with E-state index in [1.807, 2.05) is 0 Å². The fourth-order valence-corrected chi connectivity index (χ4v) is 3.03. The predicted octanol–water partition coefficient (Wildman–Crippen LogP) is 4.35. The average Bonchev–Trinajstić information content (AvgIpc) is 2.35. The molecule has 1 saturated carbocycles. The Balaban J connectivity index is 1.85. The molecule has 1 unspecified atom stereocenters. The Morgan fingerprint density at radius 1 is 1.28 bits per heavy atom. The number of hydrogen-bond acceptors (Lipinski definition) is 1. The van der Waals surface area contributed by atoms with Gasteiger partial charge in [-0.3, -0.25) is 0 Å². The van der Waals surface area contributed by atoms with Crippen LogP contribution in [0.1, 0.15) is 44.1 Å². The highest BCUT2D eigenvalue weighted by atomic mass is 35.5. The normalized spacial score (nSPS) is 18.8. The summed E-state index contributed by atoms with van der Waals surface area (Å²) in [6.07, 6.45) is 7.47. The summed E-state index contributed by atoms with van der Waals surface area (Å²) in [5.41, 5.74) is 0.907. The molecule has 0 aromatic heterocycles. The maximum atomic E-state index is 13.0.